The summed E-state index contributed by atoms with van der Waals surface area (Å²) in [5.41, 5.74) is 1.98. The molecular formula is C15H18N4O2. The Balaban J connectivity index is 1.81. The zero-order valence-corrected chi connectivity index (χ0v) is 12.0. The molecule has 1 fully saturated rings. The fourth-order valence-electron chi connectivity index (χ4n) is 2.29. The van der Waals surface area contributed by atoms with Crippen LogP contribution in [0.2, 0.25) is 0 Å². The number of hydrogen-bond acceptors (Lipinski definition) is 6. The topological polar surface area (TPSA) is 59.5 Å². The van der Waals surface area contributed by atoms with Crippen molar-refractivity contribution < 1.29 is 9.47 Å². The third-order valence-corrected chi connectivity index (χ3v) is 3.37. The van der Waals surface area contributed by atoms with Crippen LogP contribution in [0.4, 0.5) is 17.3 Å². The van der Waals surface area contributed by atoms with Crippen molar-refractivity contribution in [1.29, 1.82) is 0 Å². The first-order valence-corrected chi connectivity index (χ1v) is 6.91. The second-order valence-corrected chi connectivity index (χ2v) is 4.68. The van der Waals surface area contributed by atoms with E-state index in [4.69, 9.17) is 9.47 Å². The molecule has 1 N–H and O–H groups in total. The Bertz CT molecular complexity index is 585. The number of hydrogen-bond donors (Lipinski definition) is 1. The Morgan fingerprint density at radius 1 is 1.19 bits per heavy atom. The molecule has 110 valence electrons. The Morgan fingerprint density at radius 2 is 1.95 bits per heavy atom. The van der Waals surface area contributed by atoms with Crippen LogP contribution in [0.15, 0.2) is 36.7 Å². The average molecular weight is 286 g/mol. The lowest BCUT2D eigenvalue weighted by molar-refractivity contribution is 0.122. The summed E-state index contributed by atoms with van der Waals surface area (Å²) in [7, 11) is 1.66. The van der Waals surface area contributed by atoms with Crippen LogP contribution in [-0.4, -0.2) is 43.4 Å². The predicted octanol–water partition coefficient (Wildman–Crippen LogP) is 2.07. The fraction of sp³-hybridized carbons (Fsp3) is 0.333. The zero-order chi connectivity index (χ0) is 14.5. The molecule has 0 spiro atoms. The van der Waals surface area contributed by atoms with Crippen LogP contribution in [0, 0.1) is 0 Å². The van der Waals surface area contributed by atoms with Gasteiger partial charge in [0.2, 0.25) is 5.95 Å². The van der Waals surface area contributed by atoms with Crippen LogP contribution in [0.25, 0.3) is 0 Å². The number of nitrogens with zero attached hydrogens (tertiary/aromatic N) is 3. The van der Waals surface area contributed by atoms with E-state index in [2.05, 4.69) is 26.3 Å². The highest BCUT2D eigenvalue weighted by Crippen LogP contribution is 2.31. The Morgan fingerprint density at radius 3 is 2.67 bits per heavy atom. The minimum atomic E-state index is 0.551. The summed E-state index contributed by atoms with van der Waals surface area (Å²) in [5.74, 6) is 1.32. The quantitative estimate of drug-likeness (QED) is 0.928. The summed E-state index contributed by atoms with van der Waals surface area (Å²) in [6.07, 6.45) is 3.40. The van der Waals surface area contributed by atoms with Crippen molar-refractivity contribution in [3.63, 3.8) is 0 Å². The number of nitrogens with one attached hydrogen (secondary N) is 1. The van der Waals surface area contributed by atoms with E-state index in [1.54, 1.807) is 25.6 Å². The van der Waals surface area contributed by atoms with Gasteiger partial charge in [-0.05, 0) is 18.2 Å². The van der Waals surface area contributed by atoms with Gasteiger partial charge in [0, 0.05) is 37.2 Å². The SMILES string of the molecule is COc1cc(N2CCOCC2)ccc1Nc1ncccn1. The van der Waals surface area contributed by atoms with E-state index in [9.17, 15) is 0 Å². The first-order chi connectivity index (χ1) is 10.4. The summed E-state index contributed by atoms with van der Waals surface area (Å²) in [5, 5.41) is 3.16. The fourth-order valence-corrected chi connectivity index (χ4v) is 2.29. The standard InChI is InChI=1S/C15H18N4O2/c1-20-14-11-12(19-7-9-21-10-8-19)3-4-13(14)18-15-16-5-2-6-17-15/h2-6,11H,7-10H2,1H3,(H,16,17,18). The highest BCUT2D eigenvalue weighted by atomic mass is 16.5. The molecule has 0 aliphatic carbocycles. The maximum Gasteiger partial charge on any atom is 0.227 e. The van der Waals surface area contributed by atoms with E-state index in [0.29, 0.717) is 5.95 Å². The van der Waals surface area contributed by atoms with Crippen LogP contribution in [0.5, 0.6) is 5.75 Å². The van der Waals surface area contributed by atoms with E-state index in [-0.39, 0.29) is 0 Å². The van der Waals surface area contributed by atoms with Crippen LogP contribution >= 0.6 is 0 Å². The summed E-state index contributed by atoms with van der Waals surface area (Å²) in [6, 6.07) is 7.86. The monoisotopic (exact) mass is 286 g/mol. The van der Waals surface area contributed by atoms with Crippen molar-refractivity contribution in [2.45, 2.75) is 0 Å². The summed E-state index contributed by atoms with van der Waals surface area (Å²) in [6.45, 7) is 3.33. The van der Waals surface area contributed by atoms with Crippen LogP contribution < -0.4 is 15.0 Å². The first kappa shape index (κ1) is 13.6. The van der Waals surface area contributed by atoms with Gasteiger partial charge in [-0.2, -0.15) is 0 Å². The number of methoxy groups -OCH3 is 1. The highest BCUT2D eigenvalue weighted by molar-refractivity contribution is 5.68. The Labute approximate surface area is 123 Å². The molecule has 2 heterocycles. The van der Waals surface area contributed by atoms with E-state index in [0.717, 1.165) is 43.4 Å². The van der Waals surface area contributed by atoms with Crippen LogP contribution in [-0.2, 0) is 4.74 Å². The van der Waals surface area contributed by atoms with Crippen molar-refractivity contribution in [2.24, 2.45) is 0 Å². The van der Waals surface area contributed by atoms with Crippen molar-refractivity contribution in [1.82, 2.24) is 9.97 Å². The second kappa shape index (κ2) is 6.41. The van der Waals surface area contributed by atoms with Crippen molar-refractivity contribution in [3.8, 4) is 5.75 Å². The zero-order valence-electron chi connectivity index (χ0n) is 12.0. The third-order valence-electron chi connectivity index (χ3n) is 3.37. The number of ether oxygens (including phenoxy) is 2. The second-order valence-electron chi connectivity index (χ2n) is 4.68. The number of benzene rings is 1. The largest absolute Gasteiger partial charge is 0.494 e. The Hall–Kier alpha value is -2.34. The molecule has 0 unspecified atom stereocenters. The van der Waals surface area contributed by atoms with E-state index in [1.165, 1.54) is 0 Å². The minimum Gasteiger partial charge on any atom is -0.494 e. The van der Waals surface area contributed by atoms with E-state index >= 15 is 0 Å². The minimum absolute atomic E-state index is 0.551. The van der Waals surface area contributed by atoms with Gasteiger partial charge in [0.1, 0.15) is 5.75 Å². The summed E-state index contributed by atoms with van der Waals surface area (Å²) < 4.78 is 10.9. The predicted molar refractivity (Wildman–Crippen MR) is 81.3 cm³/mol. The van der Waals surface area contributed by atoms with Crippen molar-refractivity contribution in [2.75, 3.05) is 43.6 Å². The molecule has 3 rings (SSSR count). The van der Waals surface area contributed by atoms with Gasteiger partial charge >= 0.3 is 0 Å². The molecule has 1 aliphatic heterocycles. The molecule has 0 atom stereocenters. The third kappa shape index (κ3) is 3.22. The molecule has 6 nitrogen and oxygen atoms in total. The summed E-state index contributed by atoms with van der Waals surface area (Å²) >= 11 is 0. The van der Waals surface area contributed by atoms with Gasteiger partial charge in [-0.25, -0.2) is 9.97 Å². The lowest BCUT2D eigenvalue weighted by Gasteiger charge is -2.29. The van der Waals surface area contributed by atoms with Gasteiger partial charge in [-0.15, -0.1) is 0 Å². The number of morpholine rings is 1. The van der Waals surface area contributed by atoms with Crippen molar-refractivity contribution >= 4 is 17.3 Å². The van der Waals surface area contributed by atoms with Gasteiger partial charge in [-0.1, -0.05) is 0 Å². The van der Waals surface area contributed by atoms with Crippen molar-refractivity contribution in [3.05, 3.63) is 36.7 Å². The van der Waals surface area contributed by atoms with Gasteiger partial charge in [0.05, 0.1) is 26.0 Å². The maximum absolute atomic E-state index is 5.47. The molecule has 0 bridgehead atoms. The van der Waals surface area contributed by atoms with Crippen LogP contribution in [0.1, 0.15) is 0 Å². The van der Waals surface area contributed by atoms with Gasteiger partial charge in [-0.3, -0.25) is 0 Å². The first-order valence-electron chi connectivity index (χ1n) is 6.91. The number of rotatable bonds is 4. The van der Waals surface area contributed by atoms with E-state index in [1.807, 2.05) is 12.1 Å². The Kier molecular flexibility index (Phi) is 4.16. The number of aromatic nitrogens is 2. The normalized spacial score (nSPS) is 14.8. The molecule has 2 aromatic rings. The molecule has 1 aromatic heterocycles. The highest BCUT2D eigenvalue weighted by Gasteiger charge is 2.13. The molecule has 0 amide bonds. The maximum atomic E-state index is 5.47. The lowest BCUT2D eigenvalue weighted by Crippen LogP contribution is -2.36. The molecule has 1 aliphatic rings. The van der Waals surface area contributed by atoms with E-state index < -0.39 is 0 Å². The van der Waals surface area contributed by atoms with Gasteiger partial charge < -0.3 is 19.7 Å². The van der Waals surface area contributed by atoms with Crippen LogP contribution in [0.3, 0.4) is 0 Å². The summed E-state index contributed by atoms with van der Waals surface area (Å²) in [4.78, 5) is 10.6. The molecule has 21 heavy (non-hydrogen) atoms. The molecule has 1 saturated heterocycles. The van der Waals surface area contributed by atoms with Gasteiger partial charge in [0.15, 0.2) is 0 Å². The molecule has 6 heteroatoms. The molecule has 1 aromatic carbocycles. The molecular weight excluding hydrogens is 268 g/mol. The lowest BCUT2D eigenvalue weighted by atomic mass is 10.2. The van der Waals surface area contributed by atoms with Gasteiger partial charge in [0.25, 0.3) is 0 Å². The number of anilines is 3. The molecule has 0 radical (unpaired) electrons. The average Bonchev–Trinajstić information content (AvgIpc) is 2.57. The molecule has 0 saturated carbocycles. The smallest absolute Gasteiger partial charge is 0.227 e.